The maximum atomic E-state index is 11.1. The van der Waals surface area contributed by atoms with Crippen molar-refractivity contribution in [3.05, 3.63) is 35.9 Å². The van der Waals surface area contributed by atoms with Crippen molar-refractivity contribution in [2.24, 2.45) is 5.92 Å². The van der Waals surface area contributed by atoms with Crippen molar-refractivity contribution in [1.29, 1.82) is 0 Å². The lowest BCUT2D eigenvalue weighted by Gasteiger charge is -2.20. The highest BCUT2D eigenvalue weighted by Gasteiger charge is 2.15. The van der Waals surface area contributed by atoms with E-state index < -0.39 is 0 Å². The van der Waals surface area contributed by atoms with E-state index in [0.717, 1.165) is 30.0 Å². The standard InChI is InChI=1S/C16H20N2O/c19-12-14-15-8-4-5-11-18(15)16(17-14)10-9-13-6-2-1-3-7-13/h4-5,8,11-13H,1-3,6-7,9-10H2. The second kappa shape index (κ2) is 5.55. The Morgan fingerprint density at radius 3 is 2.89 bits per heavy atom. The number of aldehydes is 1. The van der Waals surface area contributed by atoms with Crippen molar-refractivity contribution in [1.82, 2.24) is 9.38 Å². The molecule has 2 heterocycles. The summed E-state index contributed by atoms with van der Waals surface area (Å²) in [5.74, 6) is 1.88. The SMILES string of the molecule is O=Cc1nc(CCC2CCCCC2)n2ccccc12. The van der Waals surface area contributed by atoms with Gasteiger partial charge in [0.15, 0.2) is 6.29 Å². The zero-order valence-corrected chi connectivity index (χ0v) is 11.2. The Bertz CT molecular complexity index is 567. The minimum absolute atomic E-state index is 0.569. The number of rotatable bonds is 4. The molecule has 0 aliphatic heterocycles. The summed E-state index contributed by atoms with van der Waals surface area (Å²) >= 11 is 0. The van der Waals surface area contributed by atoms with Crippen molar-refractivity contribution in [2.75, 3.05) is 0 Å². The Balaban J connectivity index is 1.78. The summed E-state index contributed by atoms with van der Waals surface area (Å²) in [7, 11) is 0. The summed E-state index contributed by atoms with van der Waals surface area (Å²) in [6.45, 7) is 0. The number of carbonyl (C=O) groups is 1. The molecular formula is C16H20N2O. The van der Waals surface area contributed by atoms with Gasteiger partial charge in [0, 0.05) is 12.6 Å². The normalized spacial score (nSPS) is 16.8. The minimum atomic E-state index is 0.569. The molecule has 0 amide bonds. The van der Waals surface area contributed by atoms with E-state index in [1.54, 1.807) is 0 Å². The number of fused-ring (bicyclic) bond motifs is 1. The lowest BCUT2D eigenvalue weighted by atomic mass is 9.86. The zero-order chi connectivity index (χ0) is 13.1. The van der Waals surface area contributed by atoms with Gasteiger partial charge in [-0.05, 0) is 24.5 Å². The largest absolute Gasteiger partial charge is 0.303 e. The van der Waals surface area contributed by atoms with E-state index in [-0.39, 0.29) is 0 Å². The van der Waals surface area contributed by atoms with Gasteiger partial charge in [0.25, 0.3) is 0 Å². The molecule has 2 aromatic heterocycles. The number of pyridine rings is 1. The number of aryl methyl sites for hydroxylation is 1. The third kappa shape index (κ3) is 2.55. The monoisotopic (exact) mass is 256 g/mol. The fourth-order valence-corrected chi connectivity index (χ4v) is 3.20. The summed E-state index contributed by atoms with van der Waals surface area (Å²) in [5, 5.41) is 0. The summed E-state index contributed by atoms with van der Waals surface area (Å²) in [6, 6.07) is 5.91. The maximum absolute atomic E-state index is 11.1. The first-order valence-corrected chi connectivity index (χ1v) is 7.29. The fourth-order valence-electron chi connectivity index (χ4n) is 3.20. The van der Waals surface area contributed by atoms with Crippen LogP contribution in [0.3, 0.4) is 0 Å². The molecule has 1 aliphatic carbocycles. The molecule has 1 fully saturated rings. The average Bonchev–Trinajstić information content (AvgIpc) is 2.84. The van der Waals surface area contributed by atoms with Gasteiger partial charge in [-0.2, -0.15) is 0 Å². The molecule has 19 heavy (non-hydrogen) atoms. The summed E-state index contributed by atoms with van der Waals surface area (Å²) in [5.41, 5.74) is 1.50. The van der Waals surface area contributed by atoms with Crippen LogP contribution in [0.2, 0.25) is 0 Å². The predicted octanol–water partition coefficient (Wildman–Crippen LogP) is 3.66. The molecule has 1 saturated carbocycles. The number of aromatic nitrogens is 2. The molecule has 3 heteroatoms. The van der Waals surface area contributed by atoms with Crippen molar-refractivity contribution in [3.63, 3.8) is 0 Å². The number of imidazole rings is 1. The number of carbonyl (C=O) groups excluding carboxylic acids is 1. The lowest BCUT2D eigenvalue weighted by Crippen LogP contribution is -2.08. The molecule has 3 nitrogen and oxygen atoms in total. The van der Waals surface area contributed by atoms with Crippen molar-refractivity contribution >= 4 is 11.8 Å². The Kier molecular flexibility index (Phi) is 3.62. The van der Waals surface area contributed by atoms with Crippen LogP contribution >= 0.6 is 0 Å². The molecule has 0 N–H and O–H groups in total. The van der Waals surface area contributed by atoms with Crippen LogP contribution in [0.1, 0.15) is 54.8 Å². The molecule has 0 spiro atoms. The molecule has 100 valence electrons. The van der Waals surface area contributed by atoms with Gasteiger partial charge in [0.1, 0.15) is 11.5 Å². The Labute approximate surface area is 113 Å². The zero-order valence-electron chi connectivity index (χ0n) is 11.2. The average molecular weight is 256 g/mol. The molecule has 0 unspecified atom stereocenters. The highest BCUT2D eigenvalue weighted by atomic mass is 16.1. The van der Waals surface area contributed by atoms with Gasteiger partial charge >= 0.3 is 0 Å². The lowest BCUT2D eigenvalue weighted by molar-refractivity contribution is 0.112. The van der Waals surface area contributed by atoms with Crippen molar-refractivity contribution in [3.8, 4) is 0 Å². The van der Waals surface area contributed by atoms with Gasteiger partial charge in [0.05, 0.1) is 5.52 Å². The van der Waals surface area contributed by atoms with Crippen molar-refractivity contribution < 1.29 is 4.79 Å². The highest BCUT2D eigenvalue weighted by Crippen LogP contribution is 2.27. The molecule has 0 aromatic carbocycles. The summed E-state index contributed by atoms with van der Waals surface area (Å²) in [6.07, 6.45) is 11.9. The van der Waals surface area contributed by atoms with E-state index in [9.17, 15) is 4.79 Å². The third-order valence-corrected chi connectivity index (χ3v) is 4.26. The van der Waals surface area contributed by atoms with E-state index in [4.69, 9.17) is 0 Å². The minimum Gasteiger partial charge on any atom is -0.303 e. The summed E-state index contributed by atoms with van der Waals surface area (Å²) < 4.78 is 2.06. The molecule has 1 aliphatic rings. The van der Waals surface area contributed by atoms with Gasteiger partial charge in [-0.15, -0.1) is 0 Å². The van der Waals surface area contributed by atoms with Crippen LogP contribution in [0.4, 0.5) is 0 Å². The first-order valence-electron chi connectivity index (χ1n) is 7.29. The molecule has 0 bridgehead atoms. The van der Waals surface area contributed by atoms with Crippen molar-refractivity contribution in [2.45, 2.75) is 44.9 Å². The second-order valence-corrected chi connectivity index (χ2v) is 5.53. The Morgan fingerprint density at radius 1 is 1.26 bits per heavy atom. The Morgan fingerprint density at radius 2 is 2.11 bits per heavy atom. The molecular weight excluding hydrogens is 236 g/mol. The smallest absolute Gasteiger partial charge is 0.170 e. The third-order valence-electron chi connectivity index (χ3n) is 4.26. The van der Waals surface area contributed by atoms with Crippen LogP contribution in [0.5, 0.6) is 0 Å². The van der Waals surface area contributed by atoms with Crippen LogP contribution < -0.4 is 0 Å². The van der Waals surface area contributed by atoms with Crippen LogP contribution in [0.15, 0.2) is 24.4 Å². The predicted molar refractivity (Wildman–Crippen MR) is 75.5 cm³/mol. The van der Waals surface area contributed by atoms with Gasteiger partial charge in [-0.3, -0.25) is 4.79 Å². The van der Waals surface area contributed by atoms with Gasteiger partial charge in [0.2, 0.25) is 0 Å². The highest BCUT2D eigenvalue weighted by molar-refractivity contribution is 5.83. The van der Waals surface area contributed by atoms with E-state index in [1.165, 1.54) is 38.5 Å². The van der Waals surface area contributed by atoms with Crippen LogP contribution in [-0.4, -0.2) is 15.7 Å². The van der Waals surface area contributed by atoms with Gasteiger partial charge in [-0.1, -0.05) is 38.2 Å². The van der Waals surface area contributed by atoms with E-state index >= 15 is 0 Å². The van der Waals surface area contributed by atoms with Crippen LogP contribution in [0, 0.1) is 5.92 Å². The van der Waals surface area contributed by atoms with E-state index in [0.29, 0.717) is 5.69 Å². The van der Waals surface area contributed by atoms with Crippen LogP contribution in [-0.2, 0) is 6.42 Å². The topological polar surface area (TPSA) is 34.4 Å². The fraction of sp³-hybridized carbons (Fsp3) is 0.500. The Hall–Kier alpha value is -1.64. The quantitative estimate of drug-likeness (QED) is 0.782. The molecule has 3 rings (SSSR count). The number of hydrogen-bond donors (Lipinski definition) is 0. The van der Waals surface area contributed by atoms with Crippen LogP contribution in [0.25, 0.3) is 5.52 Å². The number of nitrogens with zero attached hydrogens (tertiary/aromatic N) is 2. The molecule has 2 aromatic rings. The van der Waals surface area contributed by atoms with Gasteiger partial charge in [-0.25, -0.2) is 4.98 Å². The summed E-state index contributed by atoms with van der Waals surface area (Å²) in [4.78, 5) is 15.6. The maximum Gasteiger partial charge on any atom is 0.170 e. The van der Waals surface area contributed by atoms with Gasteiger partial charge < -0.3 is 4.40 Å². The number of hydrogen-bond acceptors (Lipinski definition) is 2. The molecule has 0 saturated heterocycles. The van der Waals surface area contributed by atoms with E-state index in [1.807, 2.05) is 24.4 Å². The molecule has 0 atom stereocenters. The first kappa shape index (κ1) is 12.4. The first-order chi connectivity index (χ1) is 9.38. The molecule has 0 radical (unpaired) electrons. The van der Waals surface area contributed by atoms with E-state index in [2.05, 4.69) is 9.38 Å². The second-order valence-electron chi connectivity index (χ2n) is 5.53.